The molecule has 2 heterocycles. The average molecular weight is 239 g/mol. The van der Waals surface area contributed by atoms with E-state index in [0.717, 1.165) is 26.2 Å². The van der Waals surface area contributed by atoms with Gasteiger partial charge in [-0.15, -0.1) is 0 Å². The zero-order valence-electron chi connectivity index (χ0n) is 10.4. The molecule has 0 spiro atoms. The molecule has 0 aromatic heterocycles. The van der Waals surface area contributed by atoms with Crippen LogP contribution in [0.25, 0.3) is 0 Å². The normalized spacial score (nSPS) is 25.0. The summed E-state index contributed by atoms with van der Waals surface area (Å²) in [5, 5.41) is 2.71. The number of nitrogens with one attached hydrogen (secondary N) is 1. The Morgan fingerprint density at radius 1 is 1.47 bits per heavy atom. The zero-order valence-corrected chi connectivity index (χ0v) is 10.4. The lowest BCUT2D eigenvalue weighted by atomic mass is 10.1. The molecule has 5 heteroatoms. The smallest absolute Gasteiger partial charge is 0.227 e. The number of amides is 2. The van der Waals surface area contributed by atoms with Gasteiger partial charge in [0, 0.05) is 33.1 Å². The minimum absolute atomic E-state index is 0.00343. The molecule has 1 N–H and O–H groups in total. The van der Waals surface area contributed by atoms with Crippen LogP contribution in [0.2, 0.25) is 0 Å². The molecule has 0 bridgehead atoms. The maximum Gasteiger partial charge on any atom is 0.227 e. The van der Waals surface area contributed by atoms with E-state index in [9.17, 15) is 9.59 Å². The molecular formula is C12H21N3O2. The van der Waals surface area contributed by atoms with Crippen molar-refractivity contribution in [3.05, 3.63) is 0 Å². The lowest BCUT2D eigenvalue weighted by Crippen LogP contribution is -2.39. The molecule has 1 atom stereocenters. The molecule has 0 aromatic carbocycles. The SMILES string of the molecule is CN(CCN1CCCC1)C(=O)C1CNC(=O)C1. The first kappa shape index (κ1) is 12.4. The van der Waals surface area contributed by atoms with Crippen molar-refractivity contribution in [1.82, 2.24) is 15.1 Å². The summed E-state index contributed by atoms with van der Waals surface area (Å²) in [6.07, 6.45) is 2.91. The Bertz CT molecular complexity index is 300. The van der Waals surface area contributed by atoms with Crippen LogP contribution in [0.5, 0.6) is 0 Å². The Kier molecular flexibility index (Phi) is 3.99. The van der Waals surface area contributed by atoms with Crippen molar-refractivity contribution < 1.29 is 9.59 Å². The molecule has 0 aliphatic carbocycles. The van der Waals surface area contributed by atoms with Gasteiger partial charge in [0.05, 0.1) is 5.92 Å². The lowest BCUT2D eigenvalue weighted by molar-refractivity contribution is -0.134. The number of carbonyl (C=O) groups excluding carboxylic acids is 2. The standard InChI is InChI=1S/C12H21N3O2/c1-14(6-7-15-4-2-3-5-15)12(17)10-8-11(16)13-9-10/h10H,2-9H2,1H3,(H,13,16). The minimum Gasteiger partial charge on any atom is -0.355 e. The Hall–Kier alpha value is -1.10. The maximum atomic E-state index is 12.0. The summed E-state index contributed by atoms with van der Waals surface area (Å²) < 4.78 is 0. The largest absolute Gasteiger partial charge is 0.355 e. The molecule has 2 fully saturated rings. The van der Waals surface area contributed by atoms with Gasteiger partial charge in [-0.3, -0.25) is 9.59 Å². The molecular weight excluding hydrogens is 218 g/mol. The number of hydrogen-bond acceptors (Lipinski definition) is 3. The Morgan fingerprint density at radius 2 is 2.18 bits per heavy atom. The highest BCUT2D eigenvalue weighted by atomic mass is 16.2. The van der Waals surface area contributed by atoms with Crippen LogP contribution < -0.4 is 5.32 Å². The highest BCUT2D eigenvalue weighted by molar-refractivity contribution is 5.89. The predicted molar refractivity (Wildman–Crippen MR) is 64.4 cm³/mol. The van der Waals surface area contributed by atoms with Crippen molar-refractivity contribution in [2.75, 3.05) is 39.8 Å². The van der Waals surface area contributed by atoms with Gasteiger partial charge in [-0.1, -0.05) is 0 Å². The summed E-state index contributed by atoms with van der Waals surface area (Å²) in [6.45, 7) is 4.54. The van der Waals surface area contributed by atoms with Crippen LogP contribution >= 0.6 is 0 Å². The van der Waals surface area contributed by atoms with Crippen molar-refractivity contribution in [2.24, 2.45) is 5.92 Å². The fourth-order valence-corrected chi connectivity index (χ4v) is 2.50. The fraction of sp³-hybridized carbons (Fsp3) is 0.833. The number of likely N-dealkylation sites (tertiary alicyclic amines) is 1. The van der Waals surface area contributed by atoms with Crippen LogP contribution in [0, 0.1) is 5.92 Å². The monoisotopic (exact) mass is 239 g/mol. The summed E-state index contributed by atoms with van der Waals surface area (Å²) in [6, 6.07) is 0. The van der Waals surface area contributed by atoms with Gasteiger partial charge >= 0.3 is 0 Å². The van der Waals surface area contributed by atoms with Gasteiger partial charge in [-0.05, 0) is 25.9 Å². The van der Waals surface area contributed by atoms with Gasteiger partial charge in [-0.25, -0.2) is 0 Å². The highest BCUT2D eigenvalue weighted by Gasteiger charge is 2.30. The molecule has 2 saturated heterocycles. The fourth-order valence-electron chi connectivity index (χ4n) is 2.50. The number of rotatable bonds is 4. The van der Waals surface area contributed by atoms with E-state index in [2.05, 4.69) is 10.2 Å². The summed E-state index contributed by atoms with van der Waals surface area (Å²) in [5.41, 5.74) is 0. The van der Waals surface area contributed by atoms with E-state index >= 15 is 0 Å². The van der Waals surface area contributed by atoms with Crippen LogP contribution in [-0.2, 0) is 9.59 Å². The number of carbonyl (C=O) groups is 2. The molecule has 5 nitrogen and oxygen atoms in total. The average Bonchev–Trinajstić information content (AvgIpc) is 2.95. The second-order valence-corrected chi connectivity index (χ2v) is 5.01. The zero-order chi connectivity index (χ0) is 12.3. The van der Waals surface area contributed by atoms with Crippen LogP contribution in [0.4, 0.5) is 0 Å². The summed E-state index contributed by atoms with van der Waals surface area (Å²) in [5.74, 6) is -0.0510. The molecule has 0 aromatic rings. The Balaban J connectivity index is 1.72. The quantitative estimate of drug-likeness (QED) is 0.731. The second-order valence-electron chi connectivity index (χ2n) is 5.01. The van der Waals surface area contributed by atoms with E-state index in [-0.39, 0.29) is 17.7 Å². The molecule has 1 unspecified atom stereocenters. The van der Waals surface area contributed by atoms with Crippen molar-refractivity contribution in [3.63, 3.8) is 0 Å². The van der Waals surface area contributed by atoms with Gasteiger partial charge < -0.3 is 15.1 Å². The van der Waals surface area contributed by atoms with Gasteiger partial charge in [0.25, 0.3) is 0 Å². The van der Waals surface area contributed by atoms with Crippen molar-refractivity contribution in [2.45, 2.75) is 19.3 Å². The number of hydrogen-bond donors (Lipinski definition) is 1. The van der Waals surface area contributed by atoms with Crippen molar-refractivity contribution in [1.29, 1.82) is 0 Å². The van der Waals surface area contributed by atoms with Crippen LogP contribution in [0.3, 0.4) is 0 Å². The maximum absolute atomic E-state index is 12.0. The minimum atomic E-state index is -0.147. The highest BCUT2D eigenvalue weighted by Crippen LogP contribution is 2.12. The first-order valence-electron chi connectivity index (χ1n) is 6.41. The van der Waals surface area contributed by atoms with Gasteiger partial charge in [0.15, 0.2) is 0 Å². The van der Waals surface area contributed by atoms with E-state index in [1.54, 1.807) is 4.90 Å². The van der Waals surface area contributed by atoms with Crippen molar-refractivity contribution in [3.8, 4) is 0 Å². The third-order valence-electron chi connectivity index (χ3n) is 3.65. The molecule has 2 aliphatic rings. The van der Waals surface area contributed by atoms with Crippen LogP contribution in [0.1, 0.15) is 19.3 Å². The predicted octanol–water partition coefficient (Wildman–Crippen LogP) is -0.323. The molecule has 2 rings (SSSR count). The third kappa shape index (κ3) is 3.19. The van der Waals surface area contributed by atoms with E-state index < -0.39 is 0 Å². The van der Waals surface area contributed by atoms with E-state index in [1.807, 2.05) is 7.05 Å². The van der Waals surface area contributed by atoms with Gasteiger partial charge in [0.1, 0.15) is 0 Å². The van der Waals surface area contributed by atoms with E-state index in [1.165, 1.54) is 12.8 Å². The molecule has 17 heavy (non-hydrogen) atoms. The molecule has 96 valence electrons. The first-order valence-corrected chi connectivity index (χ1v) is 6.41. The molecule has 2 aliphatic heterocycles. The first-order chi connectivity index (χ1) is 8.16. The Morgan fingerprint density at radius 3 is 2.76 bits per heavy atom. The number of nitrogens with zero attached hydrogens (tertiary/aromatic N) is 2. The van der Waals surface area contributed by atoms with Crippen LogP contribution in [-0.4, -0.2) is 61.4 Å². The van der Waals surface area contributed by atoms with Gasteiger partial charge in [0.2, 0.25) is 11.8 Å². The van der Waals surface area contributed by atoms with E-state index in [4.69, 9.17) is 0 Å². The molecule has 0 radical (unpaired) electrons. The van der Waals surface area contributed by atoms with Crippen LogP contribution in [0.15, 0.2) is 0 Å². The molecule has 0 saturated carbocycles. The third-order valence-corrected chi connectivity index (χ3v) is 3.65. The summed E-state index contributed by atoms with van der Waals surface area (Å²) in [4.78, 5) is 27.2. The molecule has 2 amide bonds. The topological polar surface area (TPSA) is 52.6 Å². The lowest BCUT2D eigenvalue weighted by Gasteiger charge is -2.23. The second kappa shape index (κ2) is 5.49. The number of likely N-dealkylation sites (N-methyl/N-ethyl adjacent to an activating group) is 1. The summed E-state index contributed by atoms with van der Waals surface area (Å²) >= 11 is 0. The van der Waals surface area contributed by atoms with Gasteiger partial charge in [-0.2, -0.15) is 0 Å². The Labute approximate surface area is 102 Å². The van der Waals surface area contributed by atoms with E-state index in [0.29, 0.717) is 13.0 Å². The summed E-state index contributed by atoms with van der Waals surface area (Å²) in [7, 11) is 1.83. The van der Waals surface area contributed by atoms with Crippen molar-refractivity contribution >= 4 is 11.8 Å².